The molecule has 1 aromatic heterocycles. The molecule has 0 aliphatic carbocycles. The summed E-state index contributed by atoms with van der Waals surface area (Å²) in [6.07, 6.45) is 0. The van der Waals surface area contributed by atoms with Crippen molar-refractivity contribution in [2.24, 2.45) is 0 Å². The van der Waals surface area contributed by atoms with Crippen molar-refractivity contribution in [1.82, 2.24) is 9.78 Å². The first-order chi connectivity index (χ1) is 8.19. The Morgan fingerprint density at radius 3 is 2.65 bits per heavy atom. The Kier molecular flexibility index (Phi) is 4.04. The van der Waals surface area contributed by atoms with Crippen molar-refractivity contribution >= 4 is 28.3 Å². The van der Waals surface area contributed by atoms with Crippen molar-refractivity contribution in [2.45, 2.75) is 26.9 Å². The summed E-state index contributed by atoms with van der Waals surface area (Å²) in [6.45, 7) is 5.87. The number of hydrogen-bond acceptors (Lipinski definition) is 2. The lowest BCUT2D eigenvalue weighted by Gasteiger charge is -2.07. The Morgan fingerprint density at radius 1 is 1.29 bits per heavy atom. The molecule has 4 heteroatoms. The number of rotatable bonds is 4. The minimum atomic E-state index is 0.815. The average molecular weight is 341 g/mol. The van der Waals surface area contributed by atoms with Crippen molar-refractivity contribution in [3.63, 3.8) is 0 Å². The minimum absolute atomic E-state index is 0.815. The van der Waals surface area contributed by atoms with Gasteiger partial charge in [0.1, 0.15) is 0 Å². The molecule has 0 atom stereocenters. The summed E-state index contributed by atoms with van der Waals surface area (Å²) in [7, 11) is 0. The second-order valence-corrected chi connectivity index (χ2v) is 5.20. The third-order valence-corrected chi connectivity index (χ3v) is 3.32. The van der Waals surface area contributed by atoms with Gasteiger partial charge in [-0.3, -0.25) is 4.68 Å². The summed E-state index contributed by atoms with van der Waals surface area (Å²) in [6, 6.07) is 10.5. The first-order valence-electron chi connectivity index (χ1n) is 5.72. The lowest BCUT2D eigenvalue weighted by Crippen LogP contribution is -2.07. The van der Waals surface area contributed by atoms with Crippen molar-refractivity contribution in [3.05, 3.63) is 45.3 Å². The molecule has 0 bridgehead atoms. The maximum absolute atomic E-state index is 4.43. The normalized spacial score (nSPS) is 10.5. The quantitative estimate of drug-likeness (QED) is 0.864. The van der Waals surface area contributed by atoms with Gasteiger partial charge in [0.2, 0.25) is 0 Å². The third-order valence-electron chi connectivity index (χ3n) is 2.60. The van der Waals surface area contributed by atoms with E-state index in [9.17, 15) is 0 Å². The highest BCUT2D eigenvalue weighted by Gasteiger charge is 2.03. The molecule has 2 aromatic rings. The molecule has 0 saturated heterocycles. The molecule has 3 nitrogen and oxygen atoms in total. The Hall–Kier alpha value is -1.04. The molecule has 0 radical (unpaired) electrons. The van der Waals surface area contributed by atoms with E-state index < -0.39 is 0 Å². The van der Waals surface area contributed by atoms with Crippen LogP contribution in [0, 0.1) is 10.5 Å². The topological polar surface area (TPSA) is 29.9 Å². The minimum Gasteiger partial charge on any atom is -0.379 e. The molecule has 0 fully saturated rings. The van der Waals surface area contributed by atoms with Crippen LogP contribution in [0.25, 0.3) is 0 Å². The average Bonchev–Trinajstić information content (AvgIpc) is 2.69. The first-order valence-corrected chi connectivity index (χ1v) is 6.79. The highest BCUT2D eigenvalue weighted by molar-refractivity contribution is 14.1. The van der Waals surface area contributed by atoms with Gasteiger partial charge in [-0.25, -0.2) is 0 Å². The monoisotopic (exact) mass is 341 g/mol. The second kappa shape index (κ2) is 5.53. The number of anilines is 1. The molecule has 0 saturated carbocycles. The summed E-state index contributed by atoms with van der Waals surface area (Å²) in [5.41, 5.74) is 3.45. The van der Waals surface area contributed by atoms with E-state index in [0.717, 1.165) is 24.5 Å². The summed E-state index contributed by atoms with van der Waals surface area (Å²) in [4.78, 5) is 0. The SMILES string of the molecule is CCn1nc(C)cc1CNc1ccc(I)cc1. The van der Waals surface area contributed by atoms with Gasteiger partial charge in [0.15, 0.2) is 0 Å². The van der Waals surface area contributed by atoms with E-state index in [4.69, 9.17) is 0 Å². The summed E-state index contributed by atoms with van der Waals surface area (Å²) < 4.78 is 3.29. The number of hydrogen-bond donors (Lipinski definition) is 1. The smallest absolute Gasteiger partial charge is 0.0597 e. The van der Waals surface area contributed by atoms with Crippen LogP contribution >= 0.6 is 22.6 Å². The number of halogens is 1. The molecule has 90 valence electrons. The second-order valence-electron chi connectivity index (χ2n) is 3.95. The molecule has 2 rings (SSSR count). The van der Waals surface area contributed by atoms with Gasteiger partial charge in [-0.05, 0) is 66.8 Å². The zero-order valence-electron chi connectivity index (χ0n) is 10.1. The fourth-order valence-electron chi connectivity index (χ4n) is 1.78. The predicted molar refractivity (Wildman–Crippen MR) is 79.1 cm³/mol. The number of aryl methyl sites for hydroxylation is 2. The molecule has 0 aliphatic rings. The lowest BCUT2D eigenvalue weighted by molar-refractivity contribution is 0.623. The van der Waals surface area contributed by atoms with Crippen LogP contribution in [-0.4, -0.2) is 9.78 Å². The Labute approximate surface area is 115 Å². The predicted octanol–water partition coefficient (Wildman–Crippen LogP) is 3.43. The number of aromatic nitrogens is 2. The highest BCUT2D eigenvalue weighted by atomic mass is 127. The van der Waals surface area contributed by atoms with E-state index >= 15 is 0 Å². The summed E-state index contributed by atoms with van der Waals surface area (Å²) in [5, 5.41) is 7.84. The number of nitrogens with one attached hydrogen (secondary N) is 1. The Balaban J connectivity index is 2.04. The highest BCUT2D eigenvalue weighted by Crippen LogP contribution is 2.13. The molecule has 0 unspecified atom stereocenters. The van der Waals surface area contributed by atoms with Crippen LogP contribution < -0.4 is 5.32 Å². The number of benzene rings is 1. The van der Waals surface area contributed by atoms with Gasteiger partial charge >= 0.3 is 0 Å². The Bertz CT molecular complexity index is 488. The standard InChI is InChI=1S/C13H16IN3/c1-3-17-13(8-10(2)16-17)9-15-12-6-4-11(14)5-7-12/h4-8,15H,3,9H2,1-2H3. The summed E-state index contributed by atoms with van der Waals surface area (Å²) in [5.74, 6) is 0. The van der Waals surface area contributed by atoms with E-state index in [1.54, 1.807) is 0 Å². The van der Waals surface area contributed by atoms with Crippen LogP contribution in [0.15, 0.2) is 30.3 Å². The number of nitrogens with zero attached hydrogens (tertiary/aromatic N) is 2. The van der Waals surface area contributed by atoms with Crippen LogP contribution in [0.4, 0.5) is 5.69 Å². The Morgan fingerprint density at radius 2 is 2.00 bits per heavy atom. The third kappa shape index (κ3) is 3.21. The van der Waals surface area contributed by atoms with Gasteiger partial charge in [0, 0.05) is 15.8 Å². The zero-order chi connectivity index (χ0) is 12.3. The van der Waals surface area contributed by atoms with Crippen molar-refractivity contribution in [2.75, 3.05) is 5.32 Å². The van der Waals surface area contributed by atoms with Gasteiger partial charge in [0.25, 0.3) is 0 Å². The molecule has 1 heterocycles. The van der Waals surface area contributed by atoms with E-state index in [1.807, 2.05) is 11.6 Å². The van der Waals surface area contributed by atoms with Gasteiger partial charge in [-0.2, -0.15) is 5.10 Å². The lowest BCUT2D eigenvalue weighted by atomic mass is 10.3. The van der Waals surface area contributed by atoms with E-state index in [0.29, 0.717) is 0 Å². The van der Waals surface area contributed by atoms with Crippen LogP contribution in [0.2, 0.25) is 0 Å². The van der Waals surface area contributed by atoms with E-state index in [1.165, 1.54) is 9.26 Å². The molecule has 1 aromatic carbocycles. The van der Waals surface area contributed by atoms with Crippen molar-refractivity contribution in [1.29, 1.82) is 0 Å². The van der Waals surface area contributed by atoms with E-state index in [-0.39, 0.29) is 0 Å². The van der Waals surface area contributed by atoms with Crippen LogP contribution in [0.3, 0.4) is 0 Å². The molecular formula is C13H16IN3. The van der Waals surface area contributed by atoms with E-state index in [2.05, 4.69) is 70.3 Å². The fourth-order valence-corrected chi connectivity index (χ4v) is 2.14. The maximum atomic E-state index is 4.43. The van der Waals surface area contributed by atoms with Crippen molar-refractivity contribution < 1.29 is 0 Å². The molecule has 0 aliphatic heterocycles. The van der Waals surface area contributed by atoms with Crippen LogP contribution in [0.1, 0.15) is 18.3 Å². The maximum Gasteiger partial charge on any atom is 0.0597 e. The molecular weight excluding hydrogens is 325 g/mol. The molecule has 1 N–H and O–H groups in total. The fraction of sp³-hybridized carbons (Fsp3) is 0.308. The van der Waals surface area contributed by atoms with Gasteiger partial charge < -0.3 is 5.32 Å². The zero-order valence-corrected chi connectivity index (χ0v) is 12.2. The van der Waals surface area contributed by atoms with Gasteiger partial charge in [-0.1, -0.05) is 0 Å². The molecule has 17 heavy (non-hydrogen) atoms. The largest absolute Gasteiger partial charge is 0.379 e. The van der Waals surface area contributed by atoms with Crippen molar-refractivity contribution in [3.8, 4) is 0 Å². The summed E-state index contributed by atoms with van der Waals surface area (Å²) >= 11 is 2.31. The van der Waals surface area contributed by atoms with Crippen LogP contribution in [0.5, 0.6) is 0 Å². The van der Waals surface area contributed by atoms with Gasteiger partial charge in [0.05, 0.1) is 17.9 Å². The molecule has 0 spiro atoms. The first kappa shape index (κ1) is 12.4. The van der Waals surface area contributed by atoms with Gasteiger partial charge in [-0.15, -0.1) is 0 Å². The van der Waals surface area contributed by atoms with Crippen LogP contribution in [-0.2, 0) is 13.1 Å². The molecule has 0 amide bonds.